The van der Waals surface area contributed by atoms with Gasteiger partial charge in [0.05, 0.1) is 28.2 Å². The summed E-state index contributed by atoms with van der Waals surface area (Å²) in [6.07, 6.45) is 3.39. The molecule has 248 valence electrons. The third-order valence-electron chi connectivity index (χ3n) is 11.9. The summed E-state index contributed by atoms with van der Waals surface area (Å²) in [6, 6.07) is 59.7. The van der Waals surface area contributed by atoms with Gasteiger partial charge in [-0.15, -0.1) is 0 Å². The van der Waals surface area contributed by atoms with Gasteiger partial charge in [0, 0.05) is 20.9 Å². The van der Waals surface area contributed by atoms with Crippen LogP contribution in [-0.2, 0) is 5.41 Å². The van der Waals surface area contributed by atoms with Crippen molar-refractivity contribution in [3.05, 3.63) is 203 Å². The molecule has 0 saturated heterocycles. The van der Waals surface area contributed by atoms with Gasteiger partial charge < -0.3 is 4.90 Å². The molecule has 12 rings (SSSR count). The van der Waals surface area contributed by atoms with Crippen LogP contribution in [0.15, 0.2) is 185 Å². The molecule has 1 unspecified atom stereocenters. The first kappa shape index (κ1) is 29.4. The highest BCUT2D eigenvalue weighted by Gasteiger charge is 2.54. The van der Waals surface area contributed by atoms with Crippen LogP contribution in [0.5, 0.6) is 0 Å². The first-order valence-corrected chi connectivity index (χ1v) is 19.2. The number of nitrogens with zero attached hydrogens (tertiary/aromatic N) is 3. The van der Waals surface area contributed by atoms with Crippen molar-refractivity contribution in [2.75, 3.05) is 4.90 Å². The molecule has 53 heavy (non-hydrogen) atoms. The van der Waals surface area contributed by atoms with E-state index in [4.69, 9.17) is 9.97 Å². The zero-order chi connectivity index (χ0) is 34.7. The monoisotopic (exact) mass is 693 g/mol. The van der Waals surface area contributed by atoms with Gasteiger partial charge in [-0.3, -0.25) is 0 Å². The molecule has 4 heteroatoms. The first-order valence-electron chi connectivity index (χ1n) is 18.3. The van der Waals surface area contributed by atoms with Crippen LogP contribution in [0, 0.1) is 0 Å². The molecule has 3 heterocycles. The summed E-state index contributed by atoms with van der Waals surface area (Å²) in [4.78, 5) is 16.1. The number of allylic oxidation sites excluding steroid dienone is 2. The highest BCUT2D eigenvalue weighted by Crippen LogP contribution is 2.65. The molecule has 2 aliphatic carbocycles. The fraction of sp³-hybridized carbons (Fsp3) is 0.0612. The Balaban J connectivity index is 1.18. The fourth-order valence-corrected chi connectivity index (χ4v) is 11.0. The SMILES string of the molecule is C1=C2c3c(ccc4ccccc34)N(c3nc4ccccc4nc3-c3ccccc3)C2CC2=C1c1ccccc1C21c2ccccc2Sc2ccccc21. The van der Waals surface area contributed by atoms with E-state index in [1.807, 2.05) is 17.8 Å². The number of benzene rings is 7. The van der Waals surface area contributed by atoms with E-state index in [9.17, 15) is 0 Å². The fourth-order valence-electron chi connectivity index (χ4n) is 9.78. The second-order valence-electron chi connectivity index (χ2n) is 14.4. The summed E-state index contributed by atoms with van der Waals surface area (Å²) in [5.41, 5.74) is 15.5. The lowest BCUT2D eigenvalue weighted by Crippen LogP contribution is -2.37. The number of anilines is 2. The number of para-hydroxylation sites is 2. The number of rotatable bonds is 2. The van der Waals surface area contributed by atoms with Crippen LogP contribution in [0.2, 0.25) is 0 Å². The Kier molecular flexibility index (Phi) is 6.03. The van der Waals surface area contributed by atoms with Crippen LogP contribution in [0.3, 0.4) is 0 Å². The quantitative estimate of drug-likeness (QED) is 0.180. The maximum Gasteiger partial charge on any atom is 0.161 e. The standard InChI is InChI=1S/C49H31N3S/c1-2-15-31(16-3-1)47-48(51-41-23-11-10-22-40(41)50-47)52-42-27-26-30-14-4-5-17-32(30)46(42)35-28-34-33-18-6-7-19-36(33)49(39(34)29-43(35)52)37-20-8-12-24-44(37)53-45-25-13-9-21-38(45)49/h1-28,43H,29H2. The van der Waals surface area contributed by atoms with Crippen LogP contribution < -0.4 is 4.90 Å². The Morgan fingerprint density at radius 1 is 0.585 bits per heavy atom. The van der Waals surface area contributed by atoms with E-state index in [2.05, 4.69) is 169 Å². The lowest BCUT2D eigenvalue weighted by molar-refractivity contribution is 0.640. The van der Waals surface area contributed by atoms with Gasteiger partial charge in [-0.2, -0.15) is 0 Å². The molecular formula is C49H31N3S. The summed E-state index contributed by atoms with van der Waals surface area (Å²) in [6.45, 7) is 0. The van der Waals surface area contributed by atoms with Crippen molar-refractivity contribution in [1.29, 1.82) is 0 Å². The average Bonchev–Trinajstić information content (AvgIpc) is 3.70. The largest absolute Gasteiger partial charge is 0.316 e. The molecule has 0 bridgehead atoms. The van der Waals surface area contributed by atoms with Crippen molar-refractivity contribution in [2.24, 2.45) is 0 Å². The van der Waals surface area contributed by atoms with Crippen LogP contribution in [0.4, 0.5) is 11.5 Å². The van der Waals surface area contributed by atoms with Gasteiger partial charge in [-0.1, -0.05) is 145 Å². The van der Waals surface area contributed by atoms with Gasteiger partial charge >= 0.3 is 0 Å². The smallest absolute Gasteiger partial charge is 0.161 e. The number of aromatic nitrogens is 2. The summed E-state index contributed by atoms with van der Waals surface area (Å²) in [7, 11) is 0. The Labute approximate surface area is 312 Å². The van der Waals surface area contributed by atoms with Crippen LogP contribution in [0.25, 0.3) is 44.2 Å². The van der Waals surface area contributed by atoms with E-state index in [1.165, 1.54) is 70.8 Å². The van der Waals surface area contributed by atoms with E-state index in [-0.39, 0.29) is 6.04 Å². The summed E-state index contributed by atoms with van der Waals surface area (Å²) >= 11 is 1.90. The predicted octanol–water partition coefficient (Wildman–Crippen LogP) is 12.0. The summed E-state index contributed by atoms with van der Waals surface area (Å²) in [5.74, 6) is 0.897. The molecule has 2 aliphatic heterocycles. The third kappa shape index (κ3) is 3.91. The molecule has 0 fully saturated rings. The molecule has 0 radical (unpaired) electrons. The van der Waals surface area contributed by atoms with Gasteiger partial charge in [0.25, 0.3) is 0 Å². The number of hydrogen-bond donors (Lipinski definition) is 0. The van der Waals surface area contributed by atoms with E-state index < -0.39 is 5.41 Å². The van der Waals surface area contributed by atoms with Crippen molar-refractivity contribution in [1.82, 2.24) is 9.97 Å². The van der Waals surface area contributed by atoms with Crippen LogP contribution >= 0.6 is 11.8 Å². The van der Waals surface area contributed by atoms with Gasteiger partial charge in [-0.25, -0.2) is 9.97 Å². The van der Waals surface area contributed by atoms with Gasteiger partial charge in [0.2, 0.25) is 0 Å². The molecule has 1 spiro atoms. The van der Waals surface area contributed by atoms with Crippen LogP contribution in [-0.4, -0.2) is 16.0 Å². The lowest BCUT2D eigenvalue weighted by atomic mass is 9.64. The Morgan fingerprint density at radius 2 is 1.23 bits per heavy atom. The van der Waals surface area contributed by atoms with Crippen molar-refractivity contribution in [3.8, 4) is 11.3 Å². The second kappa shape index (κ2) is 10.9. The highest BCUT2D eigenvalue weighted by molar-refractivity contribution is 7.99. The maximum atomic E-state index is 5.52. The van der Waals surface area contributed by atoms with E-state index in [1.54, 1.807) is 0 Å². The zero-order valence-corrected chi connectivity index (χ0v) is 29.5. The Hall–Kier alpha value is -6.23. The highest BCUT2D eigenvalue weighted by atomic mass is 32.2. The molecular weight excluding hydrogens is 663 g/mol. The van der Waals surface area contributed by atoms with Gasteiger partial charge in [-0.05, 0) is 92.6 Å². The molecule has 3 nitrogen and oxygen atoms in total. The molecule has 0 N–H and O–H groups in total. The average molecular weight is 694 g/mol. The molecule has 4 aliphatic rings. The van der Waals surface area contributed by atoms with Crippen molar-refractivity contribution in [3.63, 3.8) is 0 Å². The third-order valence-corrected chi connectivity index (χ3v) is 13.0. The molecule has 1 atom stereocenters. The summed E-state index contributed by atoms with van der Waals surface area (Å²) in [5, 5.41) is 2.52. The molecule has 8 aromatic rings. The minimum atomic E-state index is -0.410. The molecule has 7 aromatic carbocycles. The van der Waals surface area contributed by atoms with Crippen molar-refractivity contribution < 1.29 is 0 Å². The topological polar surface area (TPSA) is 29.0 Å². The second-order valence-corrected chi connectivity index (χ2v) is 15.5. The lowest BCUT2D eigenvalue weighted by Gasteiger charge is -2.43. The van der Waals surface area contributed by atoms with Crippen LogP contribution in [0.1, 0.15) is 34.2 Å². The number of fused-ring (bicyclic) bond motifs is 14. The van der Waals surface area contributed by atoms with E-state index >= 15 is 0 Å². The normalized spacial score (nSPS) is 17.2. The van der Waals surface area contributed by atoms with E-state index in [0.29, 0.717) is 0 Å². The van der Waals surface area contributed by atoms with Crippen molar-refractivity contribution >= 4 is 56.2 Å². The minimum absolute atomic E-state index is 0.00701. The zero-order valence-electron chi connectivity index (χ0n) is 28.7. The predicted molar refractivity (Wildman–Crippen MR) is 218 cm³/mol. The van der Waals surface area contributed by atoms with Gasteiger partial charge in [0.1, 0.15) is 5.69 Å². The Morgan fingerprint density at radius 3 is 2.02 bits per heavy atom. The summed E-state index contributed by atoms with van der Waals surface area (Å²) < 4.78 is 0. The first-order chi connectivity index (χ1) is 26.3. The van der Waals surface area contributed by atoms with E-state index in [0.717, 1.165) is 34.5 Å². The molecule has 0 amide bonds. The maximum absolute atomic E-state index is 5.52. The number of hydrogen-bond acceptors (Lipinski definition) is 4. The minimum Gasteiger partial charge on any atom is -0.316 e. The molecule has 0 saturated carbocycles. The van der Waals surface area contributed by atoms with Gasteiger partial charge in [0.15, 0.2) is 5.82 Å². The van der Waals surface area contributed by atoms with Crippen molar-refractivity contribution in [2.45, 2.75) is 27.7 Å². The Bertz CT molecular complexity index is 2880. The molecule has 1 aromatic heterocycles.